The number of pyridine rings is 1. The van der Waals surface area contributed by atoms with Crippen LogP contribution in [0.2, 0.25) is 5.02 Å². The molecule has 0 fully saturated rings. The van der Waals surface area contributed by atoms with Crippen molar-refractivity contribution in [2.45, 2.75) is 6.92 Å². The number of hydrogen-bond donors (Lipinski definition) is 1. The quantitative estimate of drug-likeness (QED) is 0.338. The summed E-state index contributed by atoms with van der Waals surface area (Å²) in [5.41, 5.74) is 1.34. The Hall–Kier alpha value is -2.93. The molecule has 3 aromatic rings. The van der Waals surface area contributed by atoms with Gasteiger partial charge < -0.3 is 9.94 Å². The van der Waals surface area contributed by atoms with Gasteiger partial charge in [0, 0.05) is 30.1 Å². The topological polar surface area (TPSA) is 72.5 Å². The third kappa shape index (κ3) is 3.36. The van der Waals surface area contributed by atoms with Gasteiger partial charge in [-0.3, -0.25) is 4.57 Å². The minimum atomic E-state index is -0.532. The lowest BCUT2D eigenvalue weighted by atomic mass is 10.2. The predicted octanol–water partition coefficient (Wildman–Crippen LogP) is 3.86. The Balaban J connectivity index is 1.89. The van der Waals surface area contributed by atoms with E-state index in [2.05, 4.69) is 15.1 Å². The molecule has 2 heterocycles. The molecule has 3 rings (SSSR count). The molecule has 24 heavy (non-hydrogen) atoms. The zero-order chi connectivity index (χ0) is 17.1. The molecule has 1 aromatic carbocycles. The first kappa shape index (κ1) is 15.9. The summed E-state index contributed by atoms with van der Waals surface area (Å²) >= 11 is 5.73. The zero-order valence-corrected chi connectivity index (χ0v) is 13.3. The average molecular weight is 347 g/mol. The molecule has 0 amide bonds. The molecule has 0 saturated heterocycles. The standard InChI is InChI=1S/C16H12ClFN4O2/c1-10-8-22(9-20-10)16(21-23)11-4-5-19-15(6-11)24-12-2-3-14(18)13(17)7-12/h2-9,23H,1H3/b21-16-. The minimum absolute atomic E-state index is 0.0462. The van der Waals surface area contributed by atoms with E-state index in [1.807, 2.05) is 6.92 Å². The Kier molecular flexibility index (Phi) is 4.43. The van der Waals surface area contributed by atoms with E-state index in [-0.39, 0.29) is 16.7 Å². The van der Waals surface area contributed by atoms with E-state index in [1.165, 1.54) is 30.7 Å². The molecule has 122 valence electrons. The van der Waals surface area contributed by atoms with E-state index in [9.17, 15) is 9.60 Å². The molecule has 2 aromatic heterocycles. The Labute approximate surface area is 141 Å². The SMILES string of the molecule is Cc1cn(/C(=N\O)c2ccnc(Oc3ccc(F)c(Cl)c3)c2)cn1. The van der Waals surface area contributed by atoms with E-state index in [1.54, 1.807) is 22.9 Å². The molecule has 0 aliphatic rings. The average Bonchev–Trinajstić information content (AvgIpc) is 2.98. The van der Waals surface area contributed by atoms with Gasteiger partial charge in [0.15, 0.2) is 5.84 Å². The first-order valence-corrected chi connectivity index (χ1v) is 7.27. The van der Waals surface area contributed by atoms with E-state index in [0.717, 1.165) is 5.69 Å². The van der Waals surface area contributed by atoms with Crippen molar-refractivity contribution < 1.29 is 14.3 Å². The number of halogens is 2. The normalized spacial score (nSPS) is 11.5. The Morgan fingerprint density at radius 3 is 2.79 bits per heavy atom. The van der Waals surface area contributed by atoms with Crippen molar-refractivity contribution in [3.63, 3.8) is 0 Å². The molecule has 0 aliphatic carbocycles. The fourth-order valence-corrected chi connectivity index (χ4v) is 2.23. The minimum Gasteiger partial charge on any atom is -0.439 e. The maximum absolute atomic E-state index is 13.2. The van der Waals surface area contributed by atoms with Crippen LogP contribution >= 0.6 is 11.6 Å². The summed E-state index contributed by atoms with van der Waals surface area (Å²) in [6.07, 6.45) is 4.76. The molecule has 1 N–H and O–H groups in total. The largest absolute Gasteiger partial charge is 0.439 e. The van der Waals surface area contributed by atoms with Crippen LogP contribution in [0.1, 0.15) is 11.3 Å². The molecule has 0 spiro atoms. The maximum atomic E-state index is 13.2. The molecule has 0 saturated carbocycles. The Morgan fingerprint density at radius 2 is 2.12 bits per heavy atom. The van der Waals surface area contributed by atoms with Crippen LogP contribution in [0.3, 0.4) is 0 Å². The first-order chi connectivity index (χ1) is 11.6. The van der Waals surface area contributed by atoms with Gasteiger partial charge in [-0.15, -0.1) is 0 Å². The molecule has 0 unspecified atom stereocenters. The van der Waals surface area contributed by atoms with Gasteiger partial charge >= 0.3 is 0 Å². The second kappa shape index (κ2) is 6.67. The van der Waals surface area contributed by atoms with Crippen LogP contribution in [0.4, 0.5) is 4.39 Å². The molecule has 0 bridgehead atoms. The number of aryl methyl sites for hydroxylation is 1. The lowest BCUT2D eigenvalue weighted by molar-refractivity contribution is 0.317. The highest BCUT2D eigenvalue weighted by atomic mass is 35.5. The number of aromatic nitrogens is 3. The number of rotatable bonds is 3. The molecular formula is C16H12ClFN4O2. The number of benzene rings is 1. The van der Waals surface area contributed by atoms with Crippen LogP contribution in [0.25, 0.3) is 0 Å². The third-order valence-electron chi connectivity index (χ3n) is 3.16. The van der Waals surface area contributed by atoms with E-state index in [4.69, 9.17) is 16.3 Å². The summed E-state index contributed by atoms with van der Waals surface area (Å²) in [5, 5.41) is 12.6. The number of nitrogens with zero attached hydrogens (tertiary/aromatic N) is 4. The number of ether oxygens (including phenoxy) is 1. The summed E-state index contributed by atoms with van der Waals surface area (Å²) in [4.78, 5) is 8.17. The highest BCUT2D eigenvalue weighted by Gasteiger charge is 2.11. The molecule has 6 nitrogen and oxygen atoms in total. The number of oxime groups is 1. The highest BCUT2D eigenvalue weighted by molar-refractivity contribution is 6.30. The van der Waals surface area contributed by atoms with Gasteiger partial charge in [0.05, 0.1) is 10.7 Å². The van der Waals surface area contributed by atoms with Crippen LogP contribution in [-0.2, 0) is 0 Å². The van der Waals surface area contributed by atoms with Crippen LogP contribution in [0.5, 0.6) is 11.6 Å². The zero-order valence-electron chi connectivity index (χ0n) is 12.5. The highest BCUT2D eigenvalue weighted by Crippen LogP contribution is 2.25. The Bertz CT molecular complexity index is 911. The van der Waals surface area contributed by atoms with Crippen molar-refractivity contribution in [3.05, 3.63) is 71.2 Å². The smallest absolute Gasteiger partial charge is 0.219 e. The molecule has 0 radical (unpaired) electrons. The summed E-state index contributed by atoms with van der Waals surface area (Å²) in [6.45, 7) is 1.82. The molecule has 0 aliphatic heterocycles. The van der Waals surface area contributed by atoms with Gasteiger partial charge in [0.2, 0.25) is 5.88 Å². The van der Waals surface area contributed by atoms with Gasteiger partial charge in [-0.2, -0.15) is 0 Å². The second-order valence-electron chi connectivity index (χ2n) is 4.91. The molecule has 0 atom stereocenters. The van der Waals surface area contributed by atoms with Crippen molar-refractivity contribution >= 4 is 17.4 Å². The van der Waals surface area contributed by atoms with Crippen molar-refractivity contribution in [1.82, 2.24) is 14.5 Å². The Morgan fingerprint density at radius 1 is 1.29 bits per heavy atom. The second-order valence-corrected chi connectivity index (χ2v) is 5.31. The van der Waals surface area contributed by atoms with Crippen LogP contribution in [0.15, 0.2) is 54.2 Å². The maximum Gasteiger partial charge on any atom is 0.219 e. The summed E-state index contributed by atoms with van der Waals surface area (Å²) < 4.78 is 20.3. The fourth-order valence-electron chi connectivity index (χ4n) is 2.06. The molecule has 8 heteroatoms. The van der Waals surface area contributed by atoms with Gasteiger partial charge in [-0.25, -0.2) is 14.4 Å². The third-order valence-corrected chi connectivity index (χ3v) is 3.45. The van der Waals surface area contributed by atoms with Crippen molar-refractivity contribution in [1.29, 1.82) is 0 Å². The summed E-state index contributed by atoms with van der Waals surface area (Å²) in [5.74, 6) is 0.316. The number of imidazole rings is 1. The van der Waals surface area contributed by atoms with Crippen molar-refractivity contribution in [2.75, 3.05) is 0 Å². The van der Waals surface area contributed by atoms with Crippen LogP contribution < -0.4 is 4.74 Å². The first-order valence-electron chi connectivity index (χ1n) is 6.89. The summed E-state index contributed by atoms with van der Waals surface area (Å²) in [7, 11) is 0. The molecular weight excluding hydrogens is 335 g/mol. The fraction of sp³-hybridized carbons (Fsp3) is 0.0625. The van der Waals surface area contributed by atoms with Gasteiger partial charge in [0.1, 0.15) is 17.9 Å². The summed E-state index contributed by atoms with van der Waals surface area (Å²) in [6, 6.07) is 7.24. The lowest BCUT2D eigenvalue weighted by Crippen LogP contribution is -2.12. The lowest BCUT2D eigenvalue weighted by Gasteiger charge is -2.08. The van der Waals surface area contributed by atoms with Crippen molar-refractivity contribution in [2.24, 2.45) is 5.16 Å². The van der Waals surface area contributed by atoms with E-state index < -0.39 is 5.82 Å². The number of hydrogen-bond acceptors (Lipinski definition) is 5. The van der Waals surface area contributed by atoms with Crippen LogP contribution in [-0.4, -0.2) is 25.6 Å². The predicted molar refractivity (Wildman–Crippen MR) is 86.4 cm³/mol. The van der Waals surface area contributed by atoms with Gasteiger partial charge in [-0.05, 0) is 25.1 Å². The monoisotopic (exact) mass is 346 g/mol. The van der Waals surface area contributed by atoms with E-state index >= 15 is 0 Å². The van der Waals surface area contributed by atoms with E-state index in [0.29, 0.717) is 11.3 Å². The van der Waals surface area contributed by atoms with Crippen LogP contribution in [0, 0.1) is 12.7 Å². The van der Waals surface area contributed by atoms with Gasteiger partial charge in [0.25, 0.3) is 0 Å². The van der Waals surface area contributed by atoms with Crippen molar-refractivity contribution in [3.8, 4) is 11.6 Å². The van der Waals surface area contributed by atoms with Gasteiger partial charge in [-0.1, -0.05) is 16.8 Å².